The highest BCUT2D eigenvalue weighted by molar-refractivity contribution is 6.31. The fraction of sp³-hybridized carbons (Fsp3) is 0.308. The van der Waals surface area contributed by atoms with Crippen molar-refractivity contribution in [2.45, 2.75) is 19.1 Å². The monoisotopic (exact) mass is 265 g/mol. The minimum Gasteiger partial charge on any atom is -0.382 e. The topological polar surface area (TPSA) is 64.1 Å². The molecule has 3 N–H and O–H groups in total. The van der Waals surface area contributed by atoms with Gasteiger partial charge in [-0.2, -0.15) is 5.10 Å². The molecule has 2 rings (SSSR count). The molecular formula is C13H16ClN3O. The summed E-state index contributed by atoms with van der Waals surface area (Å²) in [6, 6.07) is 9.35. The maximum Gasteiger partial charge on any atom is 0.121 e. The van der Waals surface area contributed by atoms with E-state index in [4.69, 9.17) is 17.3 Å². The smallest absolute Gasteiger partial charge is 0.121 e. The largest absolute Gasteiger partial charge is 0.382 e. The number of aliphatic hydroxyl groups is 1. The molecule has 0 aliphatic carbocycles. The second kappa shape index (κ2) is 5.10. The molecule has 1 heterocycles. The molecule has 5 heteroatoms. The minimum absolute atomic E-state index is 0.119. The quantitative estimate of drug-likeness (QED) is 0.884. The molecule has 0 bridgehead atoms. The Kier molecular flexibility index (Phi) is 3.71. The first-order chi connectivity index (χ1) is 8.55. The second-order valence-electron chi connectivity index (χ2n) is 4.36. The number of rotatable bonds is 4. The Hall–Kier alpha value is -1.36. The van der Waals surface area contributed by atoms with Crippen LogP contribution >= 0.6 is 11.6 Å². The van der Waals surface area contributed by atoms with Gasteiger partial charge in [-0.3, -0.25) is 4.68 Å². The number of nitrogens with zero attached hydrogens (tertiary/aromatic N) is 2. The summed E-state index contributed by atoms with van der Waals surface area (Å²) in [5, 5.41) is 15.4. The fourth-order valence-electron chi connectivity index (χ4n) is 1.86. The fourth-order valence-corrected chi connectivity index (χ4v) is 2.02. The Morgan fingerprint density at radius 3 is 2.56 bits per heavy atom. The van der Waals surface area contributed by atoms with Crippen molar-refractivity contribution in [2.75, 3.05) is 6.54 Å². The zero-order chi connectivity index (χ0) is 13.2. The Morgan fingerprint density at radius 1 is 1.39 bits per heavy atom. The van der Waals surface area contributed by atoms with Gasteiger partial charge >= 0.3 is 0 Å². The highest BCUT2D eigenvalue weighted by atomic mass is 35.5. The first kappa shape index (κ1) is 13.1. The van der Waals surface area contributed by atoms with Gasteiger partial charge < -0.3 is 10.8 Å². The summed E-state index contributed by atoms with van der Waals surface area (Å²) in [5.41, 5.74) is 6.09. The molecule has 0 saturated heterocycles. The number of hydrogen-bond donors (Lipinski definition) is 2. The highest BCUT2D eigenvalue weighted by Gasteiger charge is 2.28. The van der Waals surface area contributed by atoms with Crippen molar-refractivity contribution >= 4 is 11.6 Å². The van der Waals surface area contributed by atoms with Gasteiger partial charge in [0.2, 0.25) is 0 Å². The van der Waals surface area contributed by atoms with E-state index in [0.29, 0.717) is 5.02 Å². The van der Waals surface area contributed by atoms with E-state index in [1.807, 2.05) is 37.3 Å². The summed E-state index contributed by atoms with van der Waals surface area (Å²) in [6.07, 6.45) is 1.69. The van der Waals surface area contributed by atoms with Crippen LogP contribution in [0, 0.1) is 6.92 Å². The molecule has 1 aromatic heterocycles. The van der Waals surface area contributed by atoms with Crippen LogP contribution < -0.4 is 5.73 Å². The van der Waals surface area contributed by atoms with Gasteiger partial charge in [0.1, 0.15) is 5.60 Å². The SMILES string of the molecule is Cc1nn(CC(O)(CN)c2ccccc2)cc1Cl. The Balaban J connectivity index is 2.28. The van der Waals surface area contributed by atoms with E-state index in [2.05, 4.69) is 5.10 Å². The lowest BCUT2D eigenvalue weighted by Crippen LogP contribution is -2.39. The van der Waals surface area contributed by atoms with E-state index in [1.165, 1.54) is 0 Å². The number of halogens is 1. The van der Waals surface area contributed by atoms with Crippen molar-refractivity contribution in [2.24, 2.45) is 5.73 Å². The van der Waals surface area contributed by atoms with Gasteiger partial charge in [-0.25, -0.2) is 0 Å². The van der Waals surface area contributed by atoms with Crippen LogP contribution in [0.1, 0.15) is 11.3 Å². The van der Waals surface area contributed by atoms with Crippen molar-refractivity contribution in [1.82, 2.24) is 9.78 Å². The summed E-state index contributed by atoms with van der Waals surface area (Å²) in [6.45, 7) is 2.22. The van der Waals surface area contributed by atoms with Gasteiger partial charge in [0.15, 0.2) is 0 Å². The lowest BCUT2D eigenvalue weighted by atomic mass is 9.94. The van der Waals surface area contributed by atoms with Crippen molar-refractivity contribution in [3.05, 3.63) is 52.8 Å². The normalized spacial score (nSPS) is 14.4. The molecule has 0 aliphatic rings. The zero-order valence-corrected chi connectivity index (χ0v) is 10.9. The van der Waals surface area contributed by atoms with E-state index >= 15 is 0 Å². The molecule has 0 spiro atoms. The van der Waals surface area contributed by atoms with E-state index in [9.17, 15) is 5.11 Å². The Bertz CT molecular complexity index is 507. The van der Waals surface area contributed by atoms with Gasteiger partial charge in [-0.1, -0.05) is 41.9 Å². The highest BCUT2D eigenvalue weighted by Crippen LogP contribution is 2.23. The molecule has 1 atom stereocenters. The predicted octanol–water partition coefficient (Wildman–Crippen LogP) is 1.69. The summed E-state index contributed by atoms with van der Waals surface area (Å²) in [7, 11) is 0. The number of aromatic nitrogens is 2. The van der Waals surface area contributed by atoms with Crippen molar-refractivity contribution in [3.63, 3.8) is 0 Å². The first-order valence-corrected chi connectivity index (χ1v) is 6.10. The molecule has 4 nitrogen and oxygen atoms in total. The number of hydrogen-bond acceptors (Lipinski definition) is 3. The van der Waals surface area contributed by atoms with Gasteiger partial charge in [0.05, 0.1) is 17.3 Å². The van der Waals surface area contributed by atoms with Crippen LogP contribution in [-0.4, -0.2) is 21.4 Å². The average molecular weight is 266 g/mol. The molecule has 0 saturated carbocycles. The predicted molar refractivity (Wildman–Crippen MR) is 71.4 cm³/mol. The number of aryl methyl sites for hydroxylation is 1. The third-order valence-corrected chi connectivity index (χ3v) is 3.33. The molecular weight excluding hydrogens is 250 g/mol. The average Bonchev–Trinajstić information content (AvgIpc) is 2.69. The van der Waals surface area contributed by atoms with Crippen LogP contribution in [0.2, 0.25) is 5.02 Å². The third-order valence-electron chi connectivity index (χ3n) is 2.96. The lowest BCUT2D eigenvalue weighted by Gasteiger charge is -2.27. The van der Waals surface area contributed by atoms with Crippen LogP contribution in [-0.2, 0) is 12.1 Å². The Labute approximate surface area is 111 Å². The van der Waals surface area contributed by atoms with Crippen LogP contribution in [0.4, 0.5) is 0 Å². The lowest BCUT2D eigenvalue weighted by molar-refractivity contribution is 0.0240. The van der Waals surface area contributed by atoms with E-state index < -0.39 is 5.60 Å². The summed E-state index contributed by atoms with van der Waals surface area (Å²) >= 11 is 5.95. The van der Waals surface area contributed by atoms with Crippen LogP contribution in [0.15, 0.2) is 36.5 Å². The molecule has 0 fully saturated rings. The number of benzene rings is 1. The minimum atomic E-state index is -1.14. The summed E-state index contributed by atoms with van der Waals surface area (Å²) in [5.74, 6) is 0. The van der Waals surface area contributed by atoms with Gasteiger partial charge in [-0.15, -0.1) is 0 Å². The summed E-state index contributed by atoms with van der Waals surface area (Å²) < 4.78 is 1.62. The Morgan fingerprint density at radius 2 is 2.06 bits per heavy atom. The van der Waals surface area contributed by atoms with Gasteiger partial charge in [-0.05, 0) is 12.5 Å². The van der Waals surface area contributed by atoms with E-state index in [0.717, 1.165) is 11.3 Å². The van der Waals surface area contributed by atoms with Crippen molar-refractivity contribution in [1.29, 1.82) is 0 Å². The second-order valence-corrected chi connectivity index (χ2v) is 4.77. The molecule has 0 radical (unpaired) electrons. The standard InChI is InChI=1S/C13H16ClN3O/c1-10-12(14)7-17(16-10)9-13(18,8-15)11-5-3-2-4-6-11/h2-7,18H,8-9,15H2,1H3. The molecule has 0 aliphatic heterocycles. The first-order valence-electron chi connectivity index (χ1n) is 5.73. The maximum absolute atomic E-state index is 10.6. The molecule has 2 aromatic rings. The van der Waals surface area contributed by atoms with E-state index in [1.54, 1.807) is 10.9 Å². The van der Waals surface area contributed by atoms with Crippen LogP contribution in [0.5, 0.6) is 0 Å². The zero-order valence-electron chi connectivity index (χ0n) is 10.2. The molecule has 96 valence electrons. The maximum atomic E-state index is 10.6. The third kappa shape index (κ3) is 2.56. The molecule has 1 unspecified atom stereocenters. The molecule has 0 amide bonds. The number of nitrogens with two attached hydrogens (primary N) is 1. The van der Waals surface area contributed by atoms with Gasteiger partial charge in [0.25, 0.3) is 0 Å². The van der Waals surface area contributed by atoms with E-state index in [-0.39, 0.29) is 13.1 Å². The molecule has 1 aromatic carbocycles. The van der Waals surface area contributed by atoms with Gasteiger partial charge in [0, 0.05) is 12.7 Å². The summed E-state index contributed by atoms with van der Waals surface area (Å²) in [4.78, 5) is 0. The van der Waals surface area contributed by atoms with Crippen molar-refractivity contribution in [3.8, 4) is 0 Å². The van der Waals surface area contributed by atoms with Crippen LogP contribution in [0.3, 0.4) is 0 Å². The van der Waals surface area contributed by atoms with Crippen LogP contribution in [0.25, 0.3) is 0 Å². The van der Waals surface area contributed by atoms with Crippen molar-refractivity contribution < 1.29 is 5.11 Å². The molecule has 18 heavy (non-hydrogen) atoms.